The van der Waals surface area contributed by atoms with Crippen LogP contribution in [0.3, 0.4) is 0 Å². The lowest BCUT2D eigenvalue weighted by Crippen LogP contribution is -2.15. The number of non-ortho nitro benzene ring substituents is 1. The molecule has 2 aromatic carbocycles. The van der Waals surface area contributed by atoms with E-state index in [0.717, 1.165) is 10.2 Å². The SMILES string of the molecule is O=C(CCCN/N=C/c1cccc([N+](=O)[O-])c1)Nc1ccc(Br)cc1. The quantitative estimate of drug-likeness (QED) is 0.303. The van der Waals surface area contributed by atoms with Gasteiger partial charge in [0, 0.05) is 40.8 Å². The smallest absolute Gasteiger partial charge is 0.270 e. The predicted octanol–water partition coefficient (Wildman–Crippen LogP) is 3.70. The number of amides is 1. The second kappa shape index (κ2) is 9.53. The molecule has 0 aromatic heterocycles. The number of rotatable bonds is 8. The second-order valence-electron chi connectivity index (χ2n) is 5.18. The minimum Gasteiger partial charge on any atom is -0.326 e. The van der Waals surface area contributed by atoms with E-state index in [0.29, 0.717) is 24.9 Å². The molecule has 0 fully saturated rings. The highest BCUT2D eigenvalue weighted by Gasteiger charge is 2.04. The lowest BCUT2D eigenvalue weighted by molar-refractivity contribution is -0.384. The van der Waals surface area contributed by atoms with Crippen LogP contribution in [0, 0.1) is 10.1 Å². The average molecular weight is 405 g/mol. The monoisotopic (exact) mass is 404 g/mol. The molecule has 0 saturated carbocycles. The summed E-state index contributed by atoms with van der Waals surface area (Å²) in [6.07, 6.45) is 2.50. The van der Waals surface area contributed by atoms with Crippen molar-refractivity contribution in [2.24, 2.45) is 5.10 Å². The first-order valence-corrected chi connectivity index (χ1v) is 8.40. The Bertz CT molecular complexity index is 763. The van der Waals surface area contributed by atoms with Gasteiger partial charge in [-0.15, -0.1) is 0 Å². The van der Waals surface area contributed by atoms with Crippen LogP contribution in [0.2, 0.25) is 0 Å². The summed E-state index contributed by atoms with van der Waals surface area (Å²) >= 11 is 3.34. The Labute approximate surface area is 153 Å². The van der Waals surface area contributed by atoms with E-state index < -0.39 is 4.92 Å². The molecule has 0 heterocycles. The van der Waals surface area contributed by atoms with Gasteiger partial charge < -0.3 is 10.7 Å². The highest BCUT2D eigenvalue weighted by Crippen LogP contribution is 2.14. The van der Waals surface area contributed by atoms with E-state index in [1.54, 1.807) is 12.1 Å². The number of hydrogen-bond acceptors (Lipinski definition) is 5. The number of halogens is 1. The molecule has 2 N–H and O–H groups in total. The van der Waals surface area contributed by atoms with Crippen LogP contribution in [0.25, 0.3) is 0 Å². The highest BCUT2D eigenvalue weighted by molar-refractivity contribution is 9.10. The fraction of sp³-hybridized carbons (Fsp3) is 0.176. The van der Waals surface area contributed by atoms with Crippen molar-refractivity contribution in [3.8, 4) is 0 Å². The van der Waals surface area contributed by atoms with Crippen molar-refractivity contribution in [1.29, 1.82) is 0 Å². The molecule has 0 saturated heterocycles. The highest BCUT2D eigenvalue weighted by atomic mass is 79.9. The van der Waals surface area contributed by atoms with Crippen LogP contribution in [-0.4, -0.2) is 23.6 Å². The lowest BCUT2D eigenvalue weighted by atomic mass is 10.2. The molecule has 8 heteroatoms. The molecular weight excluding hydrogens is 388 g/mol. The Morgan fingerprint density at radius 1 is 1.24 bits per heavy atom. The van der Waals surface area contributed by atoms with Crippen LogP contribution >= 0.6 is 15.9 Å². The summed E-state index contributed by atoms with van der Waals surface area (Å²) in [5, 5.41) is 17.5. The molecule has 0 aliphatic carbocycles. The largest absolute Gasteiger partial charge is 0.326 e. The van der Waals surface area contributed by atoms with Crippen LogP contribution in [0.5, 0.6) is 0 Å². The van der Waals surface area contributed by atoms with E-state index in [-0.39, 0.29) is 11.6 Å². The summed E-state index contributed by atoms with van der Waals surface area (Å²) in [5.41, 5.74) is 4.23. The van der Waals surface area contributed by atoms with Gasteiger partial charge in [0.25, 0.3) is 5.69 Å². The van der Waals surface area contributed by atoms with Crippen molar-refractivity contribution < 1.29 is 9.72 Å². The van der Waals surface area contributed by atoms with Crippen molar-refractivity contribution in [2.45, 2.75) is 12.8 Å². The van der Waals surface area contributed by atoms with Crippen LogP contribution in [0.1, 0.15) is 18.4 Å². The molecule has 2 rings (SSSR count). The van der Waals surface area contributed by atoms with Gasteiger partial charge in [0.2, 0.25) is 5.91 Å². The molecule has 0 aliphatic heterocycles. The van der Waals surface area contributed by atoms with Gasteiger partial charge in [0.05, 0.1) is 11.1 Å². The minimum absolute atomic E-state index is 0.0218. The van der Waals surface area contributed by atoms with Crippen molar-refractivity contribution in [3.05, 3.63) is 68.7 Å². The fourth-order valence-electron chi connectivity index (χ4n) is 1.99. The molecule has 0 atom stereocenters. The lowest BCUT2D eigenvalue weighted by Gasteiger charge is -2.05. The third kappa shape index (κ3) is 6.72. The van der Waals surface area contributed by atoms with Crippen LogP contribution in [0.4, 0.5) is 11.4 Å². The van der Waals surface area contributed by atoms with Crippen LogP contribution < -0.4 is 10.7 Å². The van der Waals surface area contributed by atoms with Gasteiger partial charge >= 0.3 is 0 Å². The van der Waals surface area contributed by atoms with Gasteiger partial charge in [-0.1, -0.05) is 28.1 Å². The number of nitro benzene ring substituents is 1. The number of hydrogen-bond donors (Lipinski definition) is 2. The van der Waals surface area contributed by atoms with E-state index in [9.17, 15) is 14.9 Å². The minimum atomic E-state index is -0.450. The molecule has 1 amide bonds. The van der Waals surface area contributed by atoms with E-state index in [2.05, 4.69) is 31.8 Å². The number of carbonyl (C=O) groups excluding carboxylic acids is 1. The fourth-order valence-corrected chi connectivity index (χ4v) is 2.25. The Balaban J connectivity index is 1.67. The molecule has 0 spiro atoms. The summed E-state index contributed by atoms with van der Waals surface area (Å²) < 4.78 is 0.955. The van der Waals surface area contributed by atoms with E-state index >= 15 is 0 Å². The van der Waals surface area contributed by atoms with Gasteiger partial charge in [0.15, 0.2) is 0 Å². The Morgan fingerprint density at radius 2 is 2.00 bits per heavy atom. The number of carbonyl (C=O) groups is 1. The van der Waals surface area contributed by atoms with Crippen molar-refractivity contribution >= 4 is 39.4 Å². The predicted molar refractivity (Wildman–Crippen MR) is 101 cm³/mol. The van der Waals surface area contributed by atoms with Gasteiger partial charge in [-0.3, -0.25) is 14.9 Å². The molecule has 0 unspecified atom stereocenters. The maximum absolute atomic E-state index is 11.8. The third-order valence-electron chi connectivity index (χ3n) is 3.21. The summed E-state index contributed by atoms with van der Waals surface area (Å²) in [5.74, 6) is -0.0632. The number of nitrogens with zero attached hydrogens (tertiary/aromatic N) is 2. The zero-order valence-electron chi connectivity index (χ0n) is 13.3. The molecule has 130 valence electrons. The first-order chi connectivity index (χ1) is 12.0. The maximum atomic E-state index is 11.8. The molecule has 0 radical (unpaired) electrons. The number of anilines is 1. The number of nitrogens with one attached hydrogen (secondary N) is 2. The third-order valence-corrected chi connectivity index (χ3v) is 3.74. The molecule has 25 heavy (non-hydrogen) atoms. The van der Waals surface area contributed by atoms with Gasteiger partial charge in [-0.2, -0.15) is 5.10 Å². The summed E-state index contributed by atoms with van der Waals surface area (Å²) in [6.45, 7) is 0.527. The van der Waals surface area contributed by atoms with Gasteiger partial charge in [-0.05, 0) is 30.7 Å². The molecule has 2 aromatic rings. The maximum Gasteiger partial charge on any atom is 0.270 e. The van der Waals surface area contributed by atoms with E-state index in [1.807, 2.05) is 24.3 Å². The zero-order chi connectivity index (χ0) is 18.1. The first-order valence-electron chi connectivity index (χ1n) is 7.60. The van der Waals surface area contributed by atoms with Crippen LogP contribution in [-0.2, 0) is 4.79 Å². The first kappa shape index (κ1) is 18.6. The summed E-state index contributed by atoms with van der Waals surface area (Å²) in [4.78, 5) is 22.0. The molecular formula is C17H17BrN4O3. The summed E-state index contributed by atoms with van der Waals surface area (Å²) in [7, 11) is 0. The second-order valence-corrected chi connectivity index (χ2v) is 6.09. The Morgan fingerprint density at radius 3 is 2.72 bits per heavy atom. The number of benzene rings is 2. The summed E-state index contributed by atoms with van der Waals surface area (Å²) in [6, 6.07) is 13.6. The topological polar surface area (TPSA) is 96.6 Å². The van der Waals surface area contributed by atoms with E-state index in [1.165, 1.54) is 18.3 Å². The average Bonchev–Trinajstić information content (AvgIpc) is 2.60. The van der Waals surface area contributed by atoms with E-state index in [4.69, 9.17) is 0 Å². The zero-order valence-corrected chi connectivity index (χ0v) is 14.9. The van der Waals surface area contributed by atoms with Crippen LogP contribution in [0.15, 0.2) is 58.1 Å². The van der Waals surface area contributed by atoms with Crippen molar-refractivity contribution in [2.75, 3.05) is 11.9 Å². The molecule has 0 aliphatic rings. The Hall–Kier alpha value is -2.74. The molecule has 7 nitrogen and oxygen atoms in total. The normalized spacial score (nSPS) is 10.6. The standard InChI is InChI=1S/C17H17BrN4O3/c18-14-6-8-15(9-7-14)21-17(23)5-2-10-19-20-12-13-3-1-4-16(11-13)22(24)25/h1,3-4,6-9,11-12,19H,2,5,10H2,(H,21,23)/b20-12+. The van der Waals surface area contributed by atoms with Crippen molar-refractivity contribution in [3.63, 3.8) is 0 Å². The molecule has 0 bridgehead atoms. The van der Waals surface area contributed by atoms with Gasteiger partial charge in [0.1, 0.15) is 0 Å². The number of nitro groups is 1. The van der Waals surface area contributed by atoms with Gasteiger partial charge in [-0.25, -0.2) is 0 Å². The number of hydrazone groups is 1. The Kier molecular flexibility index (Phi) is 7.09. The van der Waals surface area contributed by atoms with Crippen molar-refractivity contribution in [1.82, 2.24) is 5.43 Å².